The molecule has 0 aromatic carbocycles. The zero-order chi connectivity index (χ0) is 10.1. The number of nitrogens with two attached hydrogens (primary N) is 1. The third kappa shape index (κ3) is 10.2. The summed E-state index contributed by atoms with van der Waals surface area (Å²) >= 11 is 1.97. The van der Waals surface area contributed by atoms with E-state index < -0.39 is 0 Å². The predicted molar refractivity (Wildman–Crippen MR) is 63.3 cm³/mol. The molecule has 0 radical (unpaired) electrons. The molecule has 1 unspecified atom stereocenters. The van der Waals surface area contributed by atoms with Crippen LogP contribution < -0.4 is 11.1 Å². The van der Waals surface area contributed by atoms with Gasteiger partial charge in [-0.05, 0) is 25.1 Å². The molecule has 3 heteroatoms. The van der Waals surface area contributed by atoms with Gasteiger partial charge in [-0.3, -0.25) is 0 Å². The number of nitrogens with one attached hydrogen (secondary N) is 1. The van der Waals surface area contributed by atoms with Gasteiger partial charge in [0.1, 0.15) is 0 Å². The molecular formula is C10H24N2S. The van der Waals surface area contributed by atoms with Crippen LogP contribution in [0.15, 0.2) is 0 Å². The van der Waals surface area contributed by atoms with Crippen molar-refractivity contribution in [2.45, 2.75) is 45.7 Å². The van der Waals surface area contributed by atoms with Gasteiger partial charge in [0.25, 0.3) is 0 Å². The van der Waals surface area contributed by atoms with Gasteiger partial charge < -0.3 is 11.1 Å². The first-order chi connectivity index (χ1) is 6.16. The Hall–Kier alpha value is 0.270. The molecule has 0 aliphatic carbocycles. The Morgan fingerprint density at radius 2 is 2.08 bits per heavy atom. The quantitative estimate of drug-likeness (QED) is 0.593. The second-order valence-corrected chi connectivity index (χ2v) is 4.86. The molecule has 0 fully saturated rings. The highest BCUT2D eigenvalue weighted by molar-refractivity contribution is 7.99. The van der Waals surface area contributed by atoms with E-state index in [0.717, 1.165) is 18.7 Å². The summed E-state index contributed by atoms with van der Waals surface area (Å²) in [5, 5.41) is 3.40. The highest BCUT2D eigenvalue weighted by Gasteiger charge is 1.98. The van der Waals surface area contributed by atoms with Gasteiger partial charge in [-0.2, -0.15) is 11.8 Å². The van der Waals surface area contributed by atoms with E-state index in [-0.39, 0.29) is 0 Å². The average molecular weight is 204 g/mol. The molecule has 3 N–H and O–H groups in total. The first kappa shape index (κ1) is 13.3. The summed E-state index contributed by atoms with van der Waals surface area (Å²) in [5.74, 6) is 2.34. The van der Waals surface area contributed by atoms with E-state index in [4.69, 9.17) is 5.73 Å². The van der Waals surface area contributed by atoms with Crippen molar-refractivity contribution in [2.24, 2.45) is 5.73 Å². The first-order valence-electron chi connectivity index (χ1n) is 5.23. The zero-order valence-corrected chi connectivity index (χ0v) is 9.99. The van der Waals surface area contributed by atoms with E-state index in [1.807, 2.05) is 11.8 Å². The molecule has 0 aromatic rings. The minimum atomic E-state index is 0.392. The van der Waals surface area contributed by atoms with E-state index in [1.54, 1.807) is 0 Å². The molecule has 0 saturated carbocycles. The highest BCUT2D eigenvalue weighted by atomic mass is 32.2. The highest BCUT2D eigenvalue weighted by Crippen LogP contribution is 2.04. The molecule has 0 aliphatic rings. The molecule has 0 rings (SSSR count). The fourth-order valence-corrected chi connectivity index (χ4v) is 1.97. The van der Waals surface area contributed by atoms with E-state index in [9.17, 15) is 0 Å². The normalized spacial score (nSPS) is 13.6. The van der Waals surface area contributed by atoms with E-state index in [1.165, 1.54) is 12.2 Å². The molecule has 1 atom stereocenters. The monoisotopic (exact) mass is 204 g/mol. The summed E-state index contributed by atoms with van der Waals surface area (Å²) in [6, 6.07) is 1.01. The van der Waals surface area contributed by atoms with Gasteiger partial charge in [-0.1, -0.05) is 20.8 Å². The lowest BCUT2D eigenvalue weighted by Crippen LogP contribution is -2.24. The van der Waals surface area contributed by atoms with Crippen LogP contribution >= 0.6 is 11.8 Å². The molecule has 0 saturated heterocycles. The van der Waals surface area contributed by atoms with Crippen LogP contribution in [-0.2, 0) is 0 Å². The molecule has 0 aromatic heterocycles. The van der Waals surface area contributed by atoms with Gasteiger partial charge >= 0.3 is 0 Å². The van der Waals surface area contributed by atoms with Crippen LogP contribution in [0.5, 0.6) is 0 Å². The van der Waals surface area contributed by atoms with Crippen LogP contribution in [0.4, 0.5) is 0 Å². The van der Waals surface area contributed by atoms with Crippen LogP contribution in [0, 0.1) is 0 Å². The van der Waals surface area contributed by atoms with Crippen LogP contribution in [-0.4, -0.2) is 30.1 Å². The molecule has 0 heterocycles. The smallest absolute Gasteiger partial charge is 0.0127 e. The molecule has 2 nitrogen and oxygen atoms in total. The summed E-state index contributed by atoms with van der Waals surface area (Å²) in [7, 11) is 0. The molecule has 80 valence electrons. The van der Waals surface area contributed by atoms with Gasteiger partial charge in [0.15, 0.2) is 0 Å². The second kappa shape index (κ2) is 8.85. The van der Waals surface area contributed by atoms with Crippen LogP contribution in [0.25, 0.3) is 0 Å². The van der Waals surface area contributed by atoms with Gasteiger partial charge in [0.05, 0.1) is 0 Å². The summed E-state index contributed by atoms with van der Waals surface area (Å²) in [6.45, 7) is 7.64. The third-order valence-corrected chi connectivity index (χ3v) is 3.12. The Kier molecular flexibility index (Phi) is 9.03. The average Bonchev–Trinajstić information content (AvgIpc) is 2.10. The van der Waals surface area contributed by atoms with E-state index in [2.05, 4.69) is 26.1 Å². The van der Waals surface area contributed by atoms with Crippen molar-refractivity contribution in [3.8, 4) is 0 Å². The number of hydrogen-bond acceptors (Lipinski definition) is 3. The predicted octanol–water partition coefficient (Wildman–Crippen LogP) is 1.84. The minimum Gasteiger partial charge on any atom is -0.327 e. The maximum Gasteiger partial charge on any atom is 0.0127 e. The molecule has 0 spiro atoms. The molecule has 0 amide bonds. The van der Waals surface area contributed by atoms with Crippen LogP contribution in [0.3, 0.4) is 0 Å². The topological polar surface area (TPSA) is 38.0 Å². The SMILES string of the molecule is CCC(N)CSCCCNC(C)C. The van der Waals surface area contributed by atoms with Crippen molar-refractivity contribution >= 4 is 11.8 Å². The Bertz CT molecular complexity index is 107. The third-order valence-electron chi connectivity index (χ3n) is 1.87. The van der Waals surface area contributed by atoms with Crippen molar-refractivity contribution in [1.82, 2.24) is 5.32 Å². The molecule has 0 aliphatic heterocycles. The zero-order valence-electron chi connectivity index (χ0n) is 9.18. The van der Waals surface area contributed by atoms with Gasteiger partial charge in [-0.25, -0.2) is 0 Å². The van der Waals surface area contributed by atoms with Gasteiger partial charge in [-0.15, -0.1) is 0 Å². The second-order valence-electron chi connectivity index (χ2n) is 3.71. The van der Waals surface area contributed by atoms with Crippen molar-refractivity contribution < 1.29 is 0 Å². The van der Waals surface area contributed by atoms with E-state index >= 15 is 0 Å². The summed E-state index contributed by atoms with van der Waals surface area (Å²) in [4.78, 5) is 0. The van der Waals surface area contributed by atoms with Crippen molar-refractivity contribution in [1.29, 1.82) is 0 Å². The number of thioether (sulfide) groups is 1. The lowest BCUT2D eigenvalue weighted by Gasteiger charge is -2.09. The van der Waals surface area contributed by atoms with Gasteiger partial charge in [0, 0.05) is 17.8 Å². The molecule has 0 bridgehead atoms. The molecule has 13 heavy (non-hydrogen) atoms. The summed E-state index contributed by atoms with van der Waals surface area (Å²) < 4.78 is 0. The Morgan fingerprint density at radius 1 is 1.38 bits per heavy atom. The summed E-state index contributed by atoms with van der Waals surface area (Å²) in [6.07, 6.45) is 2.34. The maximum absolute atomic E-state index is 5.80. The fourth-order valence-electron chi connectivity index (χ4n) is 0.918. The van der Waals surface area contributed by atoms with Gasteiger partial charge in [0.2, 0.25) is 0 Å². The lowest BCUT2D eigenvalue weighted by atomic mass is 10.3. The van der Waals surface area contributed by atoms with Crippen LogP contribution in [0.2, 0.25) is 0 Å². The Balaban J connectivity index is 2.99. The van der Waals surface area contributed by atoms with Crippen molar-refractivity contribution in [3.63, 3.8) is 0 Å². The standard InChI is InChI=1S/C10H24N2S/c1-4-10(11)8-13-7-5-6-12-9(2)3/h9-10,12H,4-8,11H2,1-3H3. The first-order valence-corrected chi connectivity index (χ1v) is 6.39. The van der Waals surface area contributed by atoms with E-state index in [0.29, 0.717) is 12.1 Å². The van der Waals surface area contributed by atoms with Crippen LogP contribution in [0.1, 0.15) is 33.6 Å². The largest absolute Gasteiger partial charge is 0.327 e. The van der Waals surface area contributed by atoms with Crippen molar-refractivity contribution in [3.05, 3.63) is 0 Å². The summed E-state index contributed by atoms with van der Waals surface area (Å²) in [5.41, 5.74) is 5.80. The Morgan fingerprint density at radius 3 is 2.62 bits per heavy atom. The van der Waals surface area contributed by atoms with Crippen molar-refractivity contribution in [2.75, 3.05) is 18.1 Å². The maximum atomic E-state index is 5.80. The minimum absolute atomic E-state index is 0.392. The lowest BCUT2D eigenvalue weighted by molar-refractivity contribution is 0.585. The number of rotatable bonds is 8. The Labute approximate surface area is 87.0 Å². The molecular weight excluding hydrogens is 180 g/mol. The fraction of sp³-hybridized carbons (Fsp3) is 1.00. The number of hydrogen-bond donors (Lipinski definition) is 2.